The van der Waals surface area contributed by atoms with E-state index >= 15 is 0 Å². The quantitative estimate of drug-likeness (QED) is 0.189. The van der Waals surface area contributed by atoms with Crippen molar-refractivity contribution in [3.63, 3.8) is 0 Å². The van der Waals surface area contributed by atoms with Crippen LogP contribution in [0.15, 0.2) is 35.5 Å². The van der Waals surface area contributed by atoms with E-state index in [0.29, 0.717) is 0 Å². The Bertz CT molecular complexity index is 485. The Morgan fingerprint density at radius 1 is 1.38 bits per heavy atom. The number of benzene rings is 1. The second-order valence-electron chi connectivity index (χ2n) is 2.81. The molecule has 0 amide bonds. The van der Waals surface area contributed by atoms with Crippen molar-refractivity contribution < 1.29 is 4.79 Å². The number of rotatable bonds is 3. The van der Waals surface area contributed by atoms with Crippen LogP contribution in [0.3, 0.4) is 0 Å². The zero-order valence-electron chi connectivity index (χ0n) is 8.50. The molecule has 0 aliphatic rings. The number of nitrogens with zero attached hydrogens (tertiary/aromatic N) is 3. The molecular formula is C12H9N3O. The molecule has 0 heterocycles. The SMILES string of the molecule is [N-]=[N+]=NCC#Cc1ccc(/C=C/C=O)cc1. The van der Waals surface area contributed by atoms with Crippen LogP contribution in [0.2, 0.25) is 0 Å². The van der Waals surface area contributed by atoms with Crippen molar-refractivity contribution in [3.8, 4) is 11.8 Å². The predicted octanol–water partition coefficient (Wildman–Crippen LogP) is 2.56. The molecule has 1 rings (SSSR count). The van der Waals surface area contributed by atoms with E-state index in [1.54, 1.807) is 6.08 Å². The number of azide groups is 1. The number of aldehydes is 1. The summed E-state index contributed by atoms with van der Waals surface area (Å²) in [6.07, 6.45) is 3.88. The summed E-state index contributed by atoms with van der Waals surface area (Å²) in [5, 5.41) is 3.30. The van der Waals surface area contributed by atoms with Crippen molar-refractivity contribution in [3.05, 3.63) is 51.9 Å². The molecule has 0 aliphatic carbocycles. The summed E-state index contributed by atoms with van der Waals surface area (Å²) in [6.45, 7) is 0.170. The standard InChI is InChI=1S/C12H9N3O/c13-15-14-9-1-3-11-5-7-12(8-6-11)4-2-10-16/h2,4-8,10H,9H2/b4-2+. The van der Waals surface area contributed by atoms with Crippen molar-refractivity contribution in [2.24, 2.45) is 5.11 Å². The molecule has 0 saturated heterocycles. The molecule has 16 heavy (non-hydrogen) atoms. The normalized spacial score (nSPS) is 9.00. The highest BCUT2D eigenvalue weighted by molar-refractivity contribution is 5.73. The second-order valence-corrected chi connectivity index (χ2v) is 2.81. The van der Waals surface area contributed by atoms with Crippen LogP contribution in [-0.2, 0) is 4.79 Å². The molecule has 0 spiro atoms. The molecule has 78 valence electrons. The number of carbonyl (C=O) groups is 1. The predicted molar refractivity (Wildman–Crippen MR) is 62.4 cm³/mol. The summed E-state index contributed by atoms with van der Waals surface area (Å²) in [5.74, 6) is 5.57. The van der Waals surface area contributed by atoms with E-state index in [1.165, 1.54) is 6.08 Å². The first kappa shape index (κ1) is 11.6. The van der Waals surface area contributed by atoms with Gasteiger partial charge in [0.15, 0.2) is 0 Å². The highest BCUT2D eigenvalue weighted by Crippen LogP contribution is 2.04. The Morgan fingerprint density at radius 2 is 2.12 bits per heavy atom. The third kappa shape index (κ3) is 4.14. The lowest BCUT2D eigenvalue weighted by Crippen LogP contribution is -1.77. The molecule has 0 aromatic heterocycles. The summed E-state index contributed by atoms with van der Waals surface area (Å²) < 4.78 is 0. The maximum atomic E-state index is 10.1. The summed E-state index contributed by atoms with van der Waals surface area (Å²) in [7, 11) is 0. The Hall–Kier alpha value is -2.50. The molecule has 1 aromatic rings. The molecule has 0 bridgehead atoms. The summed E-state index contributed by atoms with van der Waals surface area (Å²) in [4.78, 5) is 12.7. The van der Waals surface area contributed by atoms with Gasteiger partial charge in [0.2, 0.25) is 0 Å². The molecule has 0 aliphatic heterocycles. The van der Waals surface area contributed by atoms with Gasteiger partial charge in [-0.25, -0.2) is 0 Å². The number of allylic oxidation sites excluding steroid dienone is 1. The van der Waals surface area contributed by atoms with Gasteiger partial charge in [-0.2, -0.15) is 0 Å². The van der Waals surface area contributed by atoms with Crippen LogP contribution < -0.4 is 0 Å². The van der Waals surface area contributed by atoms with Gasteiger partial charge in [-0.15, -0.1) is 0 Å². The van der Waals surface area contributed by atoms with E-state index < -0.39 is 0 Å². The molecular weight excluding hydrogens is 202 g/mol. The van der Waals surface area contributed by atoms with Crippen molar-refractivity contribution in [1.82, 2.24) is 0 Å². The molecule has 0 fully saturated rings. The molecule has 0 atom stereocenters. The molecule has 4 nitrogen and oxygen atoms in total. The largest absolute Gasteiger partial charge is 0.299 e. The van der Waals surface area contributed by atoms with Gasteiger partial charge >= 0.3 is 0 Å². The minimum absolute atomic E-state index is 0.170. The van der Waals surface area contributed by atoms with Crippen molar-refractivity contribution in [2.75, 3.05) is 6.54 Å². The zero-order chi connectivity index (χ0) is 11.6. The number of carbonyl (C=O) groups excluding carboxylic acids is 1. The van der Waals surface area contributed by atoms with Crippen molar-refractivity contribution in [2.45, 2.75) is 0 Å². The average molecular weight is 211 g/mol. The first-order valence-electron chi connectivity index (χ1n) is 4.58. The molecule has 1 aromatic carbocycles. The highest BCUT2D eigenvalue weighted by atomic mass is 16.1. The van der Waals surface area contributed by atoms with Gasteiger partial charge in [-0.1, -0.05) is 35.2 Å². The maximum absolute atomic E-state index is 10.1. The Balaban J connectivity index is 2.69. The molecule has 4 heteroatoms. The maximum Gasteiger partial charge on any atom is 0.142 e. The van der Waals surface area contributed by atoms with E-state index in [0.717, 1.165) is 17.4 Å². The third-order valence-corrected chi connectivity index (χ3v) is 1.72. The monoisotopic (exact) mass is 211 g/mol. The smallest absolute Gasteiger partial charge is 0.142 e. The summed E-state index contributed by atoms with van der Waals surface area (Å²) >= 11 is 0. The second kappa shape index (κ2) is 6.88. The van der Waals surface area contributed by atoms with E-state index in [4.69, 9.17) is 5.53 Å². The fourth-order valence-electron chi connectivity index (χ4n) is 1.04. The van der Waals surface area contributed by atoms with E-state index in [2.05, 4.69) is 21.9 Å². The fraction of sp³-hybridized carbons (Fsp3) is 0.0833. The lowest BCUT2D eigenvalue weighted by molar-refractivity contribution is -0.104. The molecule has 0 radical (unpaired) electrons. The summed E-state index contributed by atoms with van der Waals surface area (Å²) in [5.41, 5.74) is 9.82. The summed E-state index contributed by atoms with van der Waals surface area (Å²) in [6, 6.07) is 7.40. The van der Waals surface area contributed by atoms with Crippen molar-refractivity contribution in [1.29, 1.82) is 0 Å². The van der Waals surface area contributed by atoms with E-state index in [1.807, 2.05) is 24.3 Å². The average Bonchev–Trinajstić information content (AvgIpc) is 2.33. The Kier molecular flexibility index (Phi) is 4.98. The van der Waals surface area contributed by atoms with Gasteiger partial charge in [0.25, 0.3) is 0 Å². The number of hydrogen-bond acceptors (Lipinski definition) is 2. The van der Waals surface area contributed by atoms with Gasteiger partial charge in [0.1, 0.15) is 6.29 Å². The fourth-order valence-corrected chi connectivity index (χ4v) is 1.04. The van der Waals surface area contributed by atoms with Crippen LogP contribution in [0.1, 0.15) is 11.1 Å². The molecule has 0 N–H and O–H groups in total. The van der Waals surface area contributed by atoms with Gasteiger partial charge in [-0.3, -0.25) is 4.79 Å². The van der Waals surface area contributed by atoms with Gasteiger partial charge in [-0.05, 0) is 29.3 Å². The Morgan fingerprint density at radius 3 is 2.75 bits per heavy atom. The highest BCUT2D eigenvalue weighted by Gasteiger charge is 1.87. The van der Waals surface area contributed by atoms with Crippen molar-refractivity contribution >= 4 is 12.4 Å². The minimum Gasteiger partial charge on any atom is -0.299 e. The lowest BCUT2D eigenvalue weighted by atomic mass is 10.1. The van der Waals surface area contributed by atoms with Crippen LogP contribution in [-0.4, -0.2) is 12.8 Å². The van der Waals surface area contributed by atoms with Crippen LogP contribution >= 0.6 is 0 Å². The van der Waals surface area contributed by atoms with Crippen LogP contribution in [0.4, 0.5) is 0 Å². The van der Waals surface area contributed by atoms with Gasteiger partial charge < -0.3 is 0 Å². The van der Waals surface area contributed by atoms with Gasteiger partial charge in [0, 0.05) is 10.5 Å². The Labute approximate surface area is 93.2 Å². The topological polar surface area (TPSA) is 65.8 Å². The van der Waals surface area contributed by atoms with Crippen LogP contribution in [0.25, 0.3) is 16.5 Å². The van der Waals surface area contributed by atoms with E-state index in [-0.39, 0.29) is 6.54 Å². The van der Waals surface area contributed by atoms with Gasteiger partial charge in [0.05, 0.1) is 6.54 Å². The lowest BCUT2D eigenvalue weighted by Gasteiger charge is -1.92. The molecule has 0 saturated carbocycles. The number of hydrogen-bond donors (Lipinski definition) is 0. The zero-order valence-corrected chi connectivity index (χ0v) is 8.50. The molecule has 0 unspecified atom stereocenters. The first-order valence-corrected chi connectivity index (χ1v) is 4.58. The van der Waals surface area contributed by atoms with Crippen LogP contribution in [0.5, 0.6) is 0 Å². The first-order chi connectivity index (χ1) is 7.86. The minimum atomic E-state index is 0.170. The van der Waals surface area contributed by atoms with E-state index in [9.17, 15) is 4.79 Å². The van der Waals surface area contributed by atoms with Crippen LogP contribution in [0, 0.1) is 11.8 Å². The third-order valence-electron chi connectivity index (χ3n) is 1.72.